The number of para-hydroxylation sites is 1. The summed E-state index contributed by atoms with van der Waals surface area (Å²) in [4.78, 5) is 25.3. The summed E-state index contributed by atoms with van der Waals surface area (Å²) in [7, 11) is 0. The molecule has 7 rings (SSSR count). The predicted octanol–water partition coefficient (Wildman–Crippen LogP) is 6.58. The van der Waals surface area contributed by atoms with Gasteiger partial charge in [-0.1, -0.05) is 18.2 Å². The molecule has 1 saturated heterocycles. The second-order valence-corrected chi connectivity index (χ2v) is 11.0. The molecule has 1 amide bonds. The van der Waals surface area contributed by atoms with Gasteiger partial charge in [0.2, 0.25) is 5.91 Å². The third-order valence-electron chi connectivity index (χ3n) is 8.40. The molecule has 8 nitrogen and oxygen atoms in total. The van der Waals surface area contributed by atoms with Gasteiger partial charge in [-0.2, -0.15) is 0 Å². The van der Waals surface area contributed by atoms with Gasteiger partial charge in [-0.05, 0) is 67.1 Å². The van der Waals surface area contributed by atoms with Crippen LogP contribution >= 0.6 is 0 Å². The van der Waals surface area contributed by atoms with E-state index in [1.54, 1.807) is 24.4 Å². The number of nitrogens with one attached hydrogen (secondary N) is 2. The van der Waals surface area contributed by atoms with E-state index in [9.17, 15) is 4.79 Å². The molecular weight excluding hydrogens is 537 g/mol. The minimum Gasteiger partial charge on any atom is -0.493 e. The molecule has 220 valence electrons. The van der Waals surface area contributed by atoms with Gasteiger partial charge in [-0.15, -0.1) is 0 Å². The molecule has 2 N–H and O–H groups in total. The fourth-order valence-corrected chi connectivity index (χ4v) is 5.58. The van der Waals surface area contributed by atoms with Crippen molar-refractivity contribution in [3.63, 3.8) is 0 Å². The summed E-state index contributed by atoms with van der Waals surface area (Å²) in [5.41, 5.74) is 1.61. The Balaban J connectivity index is 0.00000108. The highest BCUT2D eigenvalue weighted by Crippen LogP contribution is 2.50. The highest BCUT2D eigenvalue weighted by molar-refractivity contribution is 5.97. The van der Waals surface area contributed by atoms with E-state index in [2.05, 4.69) is 15.6 Å². The van der Waals surface area contributed by atoms with Crippen molar-refractivity contribution < 1.29 is 31.0 Å². The number of nitrogens with zero attached hydrogens (tertiary/aromatic N) is 1. The zero-order chi connectivity index (χ0) is 29.1. The number of carbonyl (C=O) groups is 2. The molecule has 0 bridgehead atoms. The summed E-state index contributed by atoms with van der Waals surface area (Å²) in [6.07, 6.45) is 3.23. The van der Waals surface area contributed by atoms with Crippen molar-refractivity contribution in [3.8, 4) is 17.2 Å². The number of pyridine rings is 1. The quantitative estimate of drug-likeness (QED) is 0.221. The van der Waals surface area contributed by atoms with Gasteiger partial charge in [0, 0.05) is 50.4 Å². The number of amides is 1. The molecule has 0 spiro atoms. The number of hydrogen-bond donors (Lipinski definition) is 2. The number of benzene rings is 3. The highest BCUT2D eigenvalue weighted by atomic mass is 19.1. The number of hydrogen-bond acceptors (Lipinski definition) is 7. The third kappa shape index (κ3) is 5.78. The first kappa shape index (κ1) is 27.7. The Morgan fingerprint density at radius 1 is 1.00 bits per heavy atom. The van der Waals surface area contributed by atoms with E-state index >= 15 is 4.39 Å². The Hall–Kier alpha value is -4.50. The smallest absolute Gasteiger partial charge is 0.232 e. The molecule has 3 aliphatic rings. The number of rotatable bonds is 10. The van der Waals surface area contributed by atoms with Crippen molar-refractivity contribution in [3.05, 3.63) is 84.8 Å². The van der Waals surface area contributed by atoms with Crippen molar-refractivity contribution in [2.24, 2.45) is 23.2 Å². The first-order valence-electron chi connectivity index (χ1n) is 14.0. The maximum Gasteiger partial charge on any atom is 0.232 e. The minimum atomic E-state index is -0.493. The van der Waals surface area contributed by atoms with Crippen molar-refractivity contribution in [1.82, 2.24) is 4.98 Å². The van der Waals surface area contributed by atoms with Crippen LogP contribution < -0.4 is 20.1 Å². The zero-order valence-corrected chi connectivity index (χ0v) is 23.1. The fraction of sp³-hybridized carbons (Fsp3) is 0.303. The Morgan fingerprint density at radius 2 is 1.79 bits per heavy atom. The molecule has 2 aliphatic carbocycles. The Labute approximate surface area is 246 Å². The van der Waals surface area contributed by atoms with Crippen LogP contribution in [0.2, 0.25) is 0 Å². The standard InChI is InChI=1S/C32H30FN3O4.CH2O.2H2/c33-27-14-21(35-19-32(11-12-32)31(37)36-20-4-2-1-3-5-20)6-9-30(27)40-29-10-13-34-28-15-22(7-8-23(28)29)39-18-26-24-16-38-17-25(24)26;1-2;;/h1-10,13-15,24-26,35H,11-12,16-19H2,(H,36,37);1H2;2*1H. The van der Waals surface area contributed by atoms with Crippen LogP contribution in [0.4, 0.5) is 15.8 Å². The molecule has 2 atom stereocenters. The number of aromatic nitrogens is 1. The van der Waals surface area contributed by atoms with Crippen LogP contribution in [0.25, 0.3) is 10.9 Å². The summed E-state index contributed by atoms with van der Waals surface area (Å²) in [6.45, 7) is 4.81. The number of carbonyl (C=O) groups excluding carboxylic acids is 2. The molecule has 3 fully saturated rings. The molecule has 2 saturated carbocycles. The van der Waals surface area contributed by atoms with Gasteiger partial charge in [0.05, 0.1) is 30.8 Å². The number of fused-ring (bicyclic) bond motifs is 2. The average Bonchev–Trinajstić information content (AvgIpc) is 3.90. The van der Waals surface area contributed by atoms with Gasteiger partial charge in [0.25, 0.3) is 0 Å². The van der Waals surface area contributed by atoms with Crippen LogP contribution in [0.3, 0.4) is 0 Å². The van der Waals surface area contributed by atoms with E-state index in [1.165, 1.54) is 6.07 Å². The predicted molar refractivity (Wildman–Crippen MR) is 162 cm³/mol. The highest BCUT2D eigenvalue weighted by Gasteiger charge is 2.54. The molecule has 2 heterocycles. The Morgan fingerprint density at radius 3 is 2.52 bits per heavy atom. The lowest BCUT2D eigenvalue weighted by atomic mass is 10.1. The zero-order valence-electron chi connectivity index (χ0n) is 23.1. The number of halogens is 1. The average molecular weight is 574 g/mol. The first-order chi connectivity index (χ1) is 20.6. The van der Waals surface area contributed by atoms with Crippen LogP contribution in [0.1, 0.15) is 15.7 Å². The topological polar surface area (TPSA) is 98.8 Å². The molecule has 0 radical (unpaired) electrons. The van der Waals surface area contributed by atoms with E-state index in [0.29, 0.717) is 42.3 Å². The van der Waals surface area contributed by atoms with Crippen LogP contribution in [-0.4, -0.2) is 44.0 Å². The van der Waals surface area contributed by atoms with Gasteiger partial charge in [-0.25, -0.2) is 4.39 Å². The van der Waals surface area contributed by atoms with Crippen LogP contribution in [0.15, 0.2) is 79.0 Å². The van der Waals surface area contributed by atoms with Gasteiger partial charge >= 0.3 is 0 Å². The maximum absolute atomic E-state index is 15.1. The van der Waals surface area contributed by atoms with Crippen molar-refractivity contribution in [2.45, 2.75) is 12.8 Å². The van der Waals surface area contributed by atoms with E-state index in [0.717, 1.165) is 48.4 Å². The third-order valence-corrected chi connectivity index (χ3v) is 8.40. The molecule has 9 heteroatoms. The van der Waals surface area contributed by atoms with Gasteiger partial charge in [0.15, 0.2) is 11.6 Å². The summed E-state index contributed by atoms with van der Waals surface area (Å²) in [5.74, 6) is 2.74. The number of ether oxygens (including phenoxy) is 3. The molecule has 4 aromatic rings. The largest absolute Gasteiger partial charge is 0.493 e. The SMILES string of the molecule is C=O.O=C(Nc1ccccc1)C1(CNc2ccc(Oc3ccnc4cc(OCC5C6COCC65)ccc34)c(F)c2)CC1.[HH].[HH]. The molecule has 1 aliphatic heterocycles. The minimum absolute atomic E-state index is 0. The summed E-state index contributed by atoms with van der Waals surface area (Å²) >= 11 is 0. The lowest BCUT2D eigenvalue weighted by Gasteiger charge is -2.17. The lowest BCUT2D eigenvalue weighted by molar-refractivity contribution is -0.120. The summed E-state index contributed by atoms with van der Waals surface area (Å²) < 4.78 is 32.5. The Kier molecular flexibility index (Phi) is 7.75. The fourth-order valence-electron chi connectivity index (χ4n) is 5.58. The molecule has 2 unspecified atom stereocenters. The van der Waals surface area contributed by atoms with Crippen molar-refractivity contribution >= 4 is 35.0 Å². The van der Waals surface area contributed by atoms with E-state index in [-0.39, 0.29) is 14.5 Å². The number of anilines is 2. The van der Waals surface area contributed by atoms with Crippen molar-refractivity contribution in [2.75, 3.05) is 37.0 Å². The lowest BCUT2D eigenvalue weighted by Crippen LogP contribution is -2.30. The molecule has 3 aromatic carbocycles. The van der Waals surface area contributed by atoms with Crippen LogP contribution in [-0.2, 0) is 14.3 Å². The summed E-state index contributed by atoms with van der Waals surface area (Å²) in [5, 5.41) is 6.98. The second kappa shape index (κ2) is 11.8. The van der Waals surface area contributed by atoms with Crippen LogP contribution in [0.5, 0.6) is 17.2 Å². The van der Waals surface area contributed by atoms with E-state index in [1.807, 2.05) is 55.3 Å². The monoisotopic (exact) mass is 573 g/mol. The van der Waals surface area contributed by atoms with Gasteiger partial charge in [-0.3, -0.25) is 9.78 Å². The normalized spacial score (nSPS) is 20.9. The summed E-state index contributed by atoms with van der Waals surface area (Å²) in [6, 6.07) is 21.6. The van der Waals surface area contributed by atoms with Gasteiger partial charge < -0.3 is 29.6 Å². The Bertz CT molecular complexity index is 1580. The van der Waals surface area contributed by atoms with E-state index in [4.69, 9.17) is 19.0 Å². The van der Waals surface area contributed by atoms with Crippen molar-refractivity contribution in [1.29, 1.82) is 0 Å². The van der Waals surface area contributed by atoms with E-state index < -0.39 is 11.2 Å². The first-order valence-corrected chi connectivity index (χ1v) is 14.0. The molecule has 1 aromatic heterocycles. The second-order valence-electron chi connectivity index (χ2n) is 11.0. The molecule has 42 heavy (non-hydrogen) atoms. The molecular formula is C33H36FN3O5. The van der Waals surface area contributed by atoms with Gasteiger partial charge in [0.1, 0.15) is 18.3 Å². The van der Waals surface area contributed by atoms with Crippen LogP contribution in [0, 0.1) is 29.0 Å². The maximum atomic E-state index is 15.1.